The summed E-state index contributed by atoms with van der Waals surface area (Å²) in [6.07, 6.45) is 5.13. The fraction of sp³-hybridized carbons (Fsp3) is 0.471. The molecule has 0 radical (unpaired) electrons. The fourth-order valence-electron chi connectivity index (χ4n) is 4.02. The average Bonchev–Trinajstić information content (AvgIpc) is 3.18. The summed E-state index contributed by atoms with van der Waals surface area (Å²) < 4.78 is 0. The van der Waals surface area contributed by atoms with Gasteiger partial charge in [-0.25, -0.2) is 4.98 Å². The standard InChI is InChI=1S/C17H20N4O2/c1-20-10-2-7-17(16(20)23)8-3-11-21(17)15(22)13-5-4-12-6-9-18-14(12)19-13/h4-6,9H,2-3,7-8,10-11H2,1H3,(H,18,19). The zero-order valence-corrected chi connectivity index (χ0v) is 13.2. The number of hydrogen-bond donors (Lipinski definition) is 1. The van der Waals surface area contributed by atoms with Crippen molar-refractivity contribution in [2.45, 2.75) is 31.2 Å². The lowest BCUT2D eigenvalue weighted by Gasteiger charge is -2.43. The molecule has 2 amide bonds. The Labute approximate surface area is 134 Å². The Morgan fingerprint density at radius 3 is 2.83 bits per heavy atom. The maximum atomic E-state index is 13.0. The maximum Gasteiger partial charge on any atom is 0.273 e. The second-order valence-electron chi connectivity index (χ2n) is 6.53. The molecule has 6 nitrogen and oxygen atoms in total. The molecule has 1 spiro atoms. The van der Waals surface area contributed by atoms with Gasteiger partial charge in [-0.15, -0.1) is 0 Å². The molecule has 2 aromatic rings. The van der Waals surface area contributed by atoms with Crippen LogP contribution in [0, 0.1) is 0 Å². The van der Waals surface area contributed by atoms with Crippen molar-refractivity contribution in [3.8, 4) is 0 Å². The zero-order valence-electron chi connectivity index (χ0n) is 13.2. The lowest BCUT2D eigenvalue weighted by molar-refractivity contribution is -0.144. The predicted molar refractivity (Wildman–Crippen MR) is 86.0 cm³/mol. The van der Waals surface area contributed by atoms with Crippen LogP contribution in [0.15, 0.2) is 24.4 Å². The Balaban J connectivity index is 1.70. The molecule has 2 aliphatic rings. The topological polar surface area (TPSA) is 69.3 Å². The molecule has 1 atom stereocenters. The molecule has 2 fully saturated rings. The molecule has 2 saturated heterocycles. The molecule has 23 heavy (non-hydrogen) atoms. The molecule has 4 rings (SSSR count). The quantitative estimate of drug-likeness (QED) is 0.873. The van der Waals surface area contributed by atoms with Crippen molar-refractivity contribution in [3.63, 3.8) is 0 Å². The summed E-state index contributed by atoms with van der Waals surface area (Å²) in [5, 5.41) is 0.978. The van der Waals surface area contributed by atoms with Gasteiger partial charge in [-0.3, -0.25) is 9.59 Å². The number of fused-ring (bicyclic) bond motifs is 1. The fourth-order valence-corrected chi connectivity index (χ4v) is 4.02. The molecule has 0 aromatic carbocycles. The number of aromatic nitrogens is 2. The highest BCUT2D eigenvalue weighted by Crippen LogP contribution is 2.38. The number of likely N-dealkylation sites (tertiary alicyclic amines) is 2. The SMILES string of the molecule is CN1CCCC2(CCCN2C(=O)c2ccc3cc[nH]c3n2)C1=O. The minimum Gasteiger partial charge on any atom is -0.346 e. The highest BCUT2D eigenvalue weighted by molar-refractivity contribution is 5.99. The highest BCUT2D eigenvalue weighted by Gasteiger charge is 2.52. The summed E-state index contributed by atoms with van der Waals surface area (Å²) in [5.41, 5.74) is 0.453. The van der Waals surface area contributed by atoms with Crippen LogP contribution in [0.5, 0.6) is 0 Å². The molecule has 2 aliphatic heterocycles. The van der Waals surface area contributed by atoms with Gasteiger partial charge >= 0.3 is 0 Å². The first kappa shape index (κ1) is 14.2. The second kappa shape index (κ2) is 5.08. The number of likely N-dealkylation sites (N-methyl/N-ethyl adjacent to an activating group) is 1. The van der Waals surface area contributed by atoms with Gasteiger partial charge in [-0.05, 0) is 43.9 Å². The summed E-state index contributed by atoms with van der Waals surface area (Å²) in [4.78, 5) is 36.8. The summed E-state index contributed by atoms with van der Waals surface area (Å²) in [6, 6.07) is 5.57. The zero-order chi connectivity index (χ0) is 16.0. The summed E-state index contributed by atoms with van der Waals surface area (Å²) in [6.45, 7) is 1.40. The van der Waals surface area contributed by atoms with Gasteiger partial charge < -0.3 is 14.8 Å². The van der Waals surface area contributed by atoms with Gasteiger partial charge in [0.25, 0.3) is 5.91 Å². The number of rotatable bonds is 1. The van der Waals surface area contributed by atoms with Crippen molar-refractivity contribution in [1.29, 1.82) is 0 Å². The molecular weight excluding hydrogens is 292 g/mol. The van der Waals surface area contributed by atoms with E-state index in [-0.39, 0.29) is 11.8 Å². The molecule has 1 unspecified atom stereocenters. The van der Waals surface area contributed by atoms with E-state index in [4.69, 9.17) is 0 Å². The third-order valence-electron chi connectivity index (χ3n) is 5.19. The van der Waals surface area contributed by atoms with Crippen molar-refractivity contribution >= 4 is 22.8 Å². The number of aromatic amines is 1. The Bertz CT molecular complexity index is 784. The predicted octanol–water partition coefficient (Wildman–Crippen LogP) is 1.79. The molecule has 6 heteroatoms. The molecular formula is C17H20N4O2. The van der Waals surface area contributed by atoms with E-state index in [2.05, 4.69) is 9.97 Å². The summed E-state index contributed by atoms with van der Waals surface area (Å²) in [7, 11) is 1.83. The van der Waals surface area contributed by atoms with E-state index in [1.807, 2.05) is 25.4 Å². The number of nitrogens with one attached hydrogen (secondary N) is 1. The molecule has 2 aromatic heterocycles. The molecule has 1 N–H and O–H groups in total. The van der Waals surface area contributed by atoms with Crippen LogP contribution in [0.25, 0.3) is 11.0 Å². The molecule has 0 saturated carbocycles. The summed E-state index contributed by atoms with van der Waals surface area (Å²) in [5.74, 6) is -0.0572. The number of carbonyl (C=O) groups excluding carboxylic acids is 2. The van der Waals surface area contributed by atoms with Crippen molar-refractivity contribution in [2.24, 2.45) is 0 Å². The minimum absolute atomic E-state index is 0.0792. The van der Waals surface area contributed by atoms with Crippen LogP contribution in [0.3, 0.4) is 0 Å². The van der Waals surface area contributed by atoms with Gasteiger partial charge in [0.15, 0.2) is 0 Å². The number of amides is 2. The largest absolute Gasteiger partial charge is 0.346 e. The van der Waals surface area contributed by atoms with Crippen LogP contribution in [-0.2, 0) is 4.79 Å². The van der Waals surface area contributed by atoms with Gasteiger partial charge in [0, 0.05) is 31.7 Å². The Morgan fingerprint density at radius 2 is 2.00 bits per heavy atom. The number of H-pyrrole nitrogens is 1. The maximum absolute atomic E-state index is 13.0. The van der Waals surface area contributed by atoms with E-state index in [9.17, 15) is 9.59 Å². The van der Waals surface area contributed by atoms with E-state index in [1.165, 1.54) is 0 Å². The van der Waals surface area contributed by atoms with E-state index in [1.54, 1.807) is 15.9 Å². The first-order chi connectivity index (χ1) is 11.1. The van der Waals surface area contributed by atoms with Crippen LogP contribution in [0.2, 0.25) is 0 Å². The average molecular weight is 312 g/mol. The normalized spacial score (nSPS) is 24.8. The van der Waals surface area contributed by atoms with Crippen molar-refractivity contribution in [3.05, 3.63) is 30.1 Å². The van der Waals surface area contributed by atoms with Crippen molar-refractivity contribution in [2.75, 3.05) is 20.1 Å². The van der Waals surface area contributed by atoms with Crippen LogP contribution >= 0.6 is 0 Å². The number of pyridine rings is 1. The van der Waals surface area contributed by atoms with Crippen molar-refractivity contribution < 1.29 is 9.59 Å². The van der Waals surface area contributed by atoms with Crippen LogP contribution in [-0.4, -0.2) is 57.3 Å². The lowest BCUT2D eigenvalue weighted by Crippen LogP contribution is -2.60. The van der Waals surface area contributed by atoms with Crippen molar-refractivity contribution in [1.82, 2.24) is 19.8 Å². The molecule has 0 aliphatic carbocycles. The third kappa shape index (κ3) is 2.04. The molecule has 120 valence electrons. The third-order valence-corrected chi connectivity index (χ3v) is 5.19. The minimum atomic E-state index is -0.656. The number of hydrogen-bond acceptors (Lipinski definition) is 3. The molecule has 4 heterocycles. The van der Waals surface area contributed by atoms with E-state index < -0.39 is 5.54 Å². The Morgan fingerprint density at radius 1 is 1.22 bits per heavy atom. The van der Waals surface area contributed by atoms with Crippen LogP contribution in [0.1, 0.15) is 36.2 Å². The van der Waals surface area contributed by atoms with Crippen LogP contribution < -0.4 is 0 Å². The molecule has 0 bridgehead atoms. The van der Waals surface area contributed by atoms with Gasteiger partial charge in [0.1, 0.15) is 16.9 Å². The second-order valence-corrected chi connectivity index (χ2v) is 6.53. The number of piperidine rings is 1. The lowest BCUT2D eigenvalue weighted by atomic mass is 9.85. The van der Waals surface area contributed by atoms with Crippen LogP contribution in [0.4, 0.5) is 0 Å². The summed E-state index contributed by atoms with van der Waals surface area (Å²) >= 11 is 0. The Kier molecular flexibility index (Phi) is 3.14. The van der Waals surface area contributed by atoms with E-state index in [0.717, 1.165) is 37.6 Å². The van der Waals surface area contributed by atoms with E-state index >= 15 is 0 Å². The van der Waals surface area contributed by atoms with Gasteiger partial charge in [-0.2, -0.15) is 0 Å². The number of nitrogens with zero attached hydrogens (tertiary/aromatic N) is 3. The smallest absolute Gasteiger partial charge is 0.273 e. The highest BCUT2D eigenvalue weighted by atomic mass is 16.2. The van der Waals surface area contributed by atoms with Gasteiger partial charge in [0.2, 0.25) is 5.91 Å². The Hall–Kier alpha value is -2.37. The van der Waals surface area contributed by atoms with Gasteiger partial charge in [-0.1, -0.05) is 0 Å². The van der Waals surface area contributed by atoms with Gasteiger partial charge in [0.05, 0.1) is 0 Å². The first-order valence-electron chi connectivity index (χ1n) is 8.13. The number of carbonyl (C=O) groups is 2. The monoisotopic (exact) mass is 312 g/mol. The first-order valence-corrected chi connectivity index (χ1v) is 8.13. The van der Waals surface area contributed by atoms with E-state index in [0.29, 0.717) is 17.9 Å².